The molecule has 0 aliphatic rings. The molecule has 1 aromatic rings. The summed E-state index contributed by atoms with van der Waals surface area (Å²) in [6.07, 6.45) is 1.81. The molecule has 0 aliphatic heterocycles. The van der Waals surface area contributed by atoms with Gasteiger partial charge in [-0.3, -0.25) is 14.3 Å². The smallest absolute Gasteiger partial charge is 0.307 e. The van der Waals surface area contributed by atoms with Gasteiger partial charge in [-0.05, 0) is 13.0 Å². The van der Waals surface area contributed by atoms with E-state index in [1.54, 1.807) is 13.1 Å². The van der Waals surface area contributed by atoms with Gasteiger partial charge in [-0.25, -0.2) is 0 Å². The molecule has 1 rings (SSSR count). The number of methoxy groups -OCH3 is 1. The summed E-state index contributed by atoms with van der Waals surface area (Å²) in [4.78, 5) is 21.8. The number of amides is 1. The molecule has 0 radical (unpaired) electrons. The first-order valence-corrected chi connectivity index (χ1v) is 4.46. The Bertz CT molecular complexity index is 372. The van der Waals surface area contributed by atoms with Crippen LogP contribution in [0.4, 0.5) is 0 Å². The van der Waals surface area contributed by atoms with E-state index < -0.39 is 5.91 Å². The first-order valence-electron chi connectivity index (χ1n) is 4.46. The summed E-state index contributed by atoms with van der Waals surface area (Å²) >= 11 is 0. The van der Waals surface area contributed by atoms with Crippen molar-refractivity contribution in [3.63, 3.8) is 0 Å². The van der Waals surface area contributed by atoms with Crippen molar-refractivity contribution in [2.45, 2.75) is 19.4 Å². The zero-order valence-corrected chi connectivity index (χ0v) is 8.64. The van der Waals surface area contributed by atoms with Gasteiger partial charge in [-0.2, -0.15) is 5.10 Å². The zero-order chi connectivity index (χ0) is 11.4. The molecule has 82 valence electrons. The van der Waals surface area contributed by atoms with Crippen molar-refractivity contribution >= 4 is 11.9 Å². The Balaban J connectivity index is 2.69. The van der Waals surface area contributed by atoms with Gasteiger partial charge in [0.2, 0.25) is 0 Å². The molecule has 0 spiro atoms. The van der Waals surface area contributed by atoms with Gasteiger partial charge in [0, 0.05) is 6.20 Å². The average Bonchev–Trinajstić information content (AvgIpc) is 2.66. The highest BCUT2D eigenvalue weighted by Gasteiger charge is 2.13. The van der Waals surface area contributed by atoms with Gasteiger partial charge in [0.1, 0.15) is 5.69 Å². The average molecular weight is 211 g/mol. The lowest BCUT2D eigenvalue weighted by atomic mass is 10.2. The van der Waals surface area contributed by atoms with Crippen molar-refractivity contribution in [1.29, 1.82) is 0 Å². The molecule has 0 fully saturated rings. The third-order valence-corrected chi connectivity index (χ3v) is 2.00. The highest BCUT2D eigenvalue weighted by atomic mass is 16.5. The molecular formula is C9H13N3O3. The van der Waals surface area contributed by atoms with Crippen LogP contribution in [-0.4, -0.2) is 28.8 Å². The maximum absolute atomic E-state index is 11.0. The normalized spacial score (nSPS) is 12.1. The van der Waals surface area contributed by atoms with Crippen molar-refractivity contribution in [3.05, 3.63) is 18.0 Å². The van der Waals surface area contributed by atoms with Gasteiger partial charge >= 0.3 is 5.97 Å². The minimum Gasteiger partial charge on any atom is -0.469 e. The number of ether oxygens (including phenoxy) is 1. The highest BCUT2D eigenvalue weighted by Crippen LogP contribution is 2.10. The van der Waals surface area contributed by atoms with Crippen LogP contribution in [0, 0.1) is 0 Å². The molecule has 2 N–H and O–H groups in total. The maximum Gasteiger partial charge on any atom is 0.307 e. The molecule has 6 nitrogen and oxygen atoms in total. The Morgan fingerprint density at radius 2 is 2.33 bits per heavy atom. The van der Waals surface area contributed by atoms with E-state index >= 15 is 0 Å². The Morgan fingerprint density at radius 3 is 2.80 bits per heavy atom. The number of primary amides is 1. The Morgan fingerprint density at radius 1 is 1.67 bits per heavy atom. The second kappa shape index (κ2) is 4.59. The fourth-order valence-electron chi connectivity index (χ4n) is 1.13. The van der Waals surface area contributed by atoms with Crippen LogP contribution in [0.25, 0.3) is 0 Å². The second-order valence-electron chi connectivity index (χ2n) is 3.17. The maximum atomic E-state index is 11.0. The number of nitrogens with zero attached hydrogens (tertiary/aromatic N) is 2. The minimum atomic E-state index is -0.584. The van der Waals surface area contributed by atoms with Crippen LogP contribution >= 0.6 is 0 Å². The lowest BCUT2D eigenvalue weighted by molar-refractivity contribution is -0.141. The van der Waals surface area contributed by atoms with E-state index in [0.29, 0.717) is 0 Å². The summed E-state index contributed by atoms with van der Waals surface area (Å²) < 4.78 is 6.04. The van der Waals surface area contributed by atoms with Crippen LogP contribution in [0.2, 0.25) is 0 Å². The molecule has 15 heavy (non-hydrogen) atoms. The quantitative estimate of drug-likeness (QED) is 0.716. The third kappa shape index (κ3) is 2.80. The van der Waals surface area contributed by atoms with E-state index in [1.807, 2.05) is 0 Å². The largest absolute Gasteiger partial charge is 0.469 e. The van der Waals surface area contributed by atoms with Crippen molar-refractivity contribution in [2.75, 3.05) is 7.11 Å². The monoisotopic (exact) mass is 211 g/mol. The molecular weight excluding hydrogens is 198 g/mol. The van der Waals surface area contributed by atoms with E-state index in [2.05, 4.69) is 9.84 Å². The highest BCUT2D eigenvalue weighted by molar-refractivity contribution is 5.90. The number of esters is 1. The van der Waals surface area contributed by atoms with Gasteiger partial charge < -0.3 is 10.5 Å². The van der Waals surface area contributed by atoms with Crippen LogP contribution in [0.5, 0.6) is 0 Å². The predicted molar refractivity (Wildman–Crippen MR) is 52.1 cm³/mol. The molecule has 0 bridgehead atoms. The van der Waals surface area contributed by atoms with Crippen molar-refractivity contribution in [2.24, 2.45) is 5.73 Å². The van der Waals surface area contributed by atoms with Gasteiger partial charge in [0.05, 0.1) is 19.6 Å². The van der Waals surface area contributed by atoms with Crippen LogP contribution in [0.15, 0.2) is 12.3 Å². The molecule has 6 heteroatoms. The summed E-state index contributed by atoms with van der Waals surface area (Å²) in [5.41, 5.74) is 5.24. The number of aromatic nitrogens is 2. The van der Waals surface area contributed by atoms with Crippen LogP contribution in [-0.2, 0) is 9.53 Å². The molecule has 0 saturated heterocycles. The molecule has 1 unspecified atom stereocenters. The van der Waals surface area contributed by atoms with Gasteiger partial charge in [0.25, 0.3) is 5.91 Å². The topological polar surface area (TPSA) is 87.2 Å². The molecule has 1 amide bonds. The van der Waals surface area contributed by atoms with E-state index in [4.69, 9.17) is 5.73 Å². The lowest BCUT2D eigenvalue weighted by Gasteiger charge is -2.09. The number of nitrogens with two attached hydrogens (primary N) is 1. The van der Waals surface area contributed by atoms with Crippen molar-refractivity contribution in [3.8, 4) is 0 Å². The first-order chi connectivity index (χ1) is 7.04. The molecule has 0 saturated carbocycles. The first kappa shape index (κ1) is 11.2. The van der Waals surface area contributed by atoms with Crippen molar-refractivity contribution in [1.82, 2.24) is 9.78 Å². The fourth-order valence-corrected chi connectivity index (χ4v) is 1.13. The number of carbonyl (C=O) groups is 2. The molecule has 1 heterocycles. The Kier molecular flexibility index (Phi) is 3.43. The van der Waals surface area contributed by atoms with Gasteiger partial charge in [-0.1, -0.05) is 0 Å². The van der Waals surface area contributed by atoms with Crippen LogP contribution < -0.4 is 5.73 Å². The number of carbonyl (C=O) groups excluding carboxylic acids is 2. The Hall–Kier alpha value is -1.85. The second-order valence-corrected chi connectivity index (χ2v) is 3.17. The fraction of sp³-hybridized carbons (Fsp3) is 0.444. The van der Waals surface area contributed by atoms with E-state index in [-0.39, 0.29) is 24.1 Å². The minimum absolute atomic E-state index is 0.162. The molecule has 1 atom stereocenters. The number of hydrogen-bond acceptors (Lipinski definition) is 4. The zero-order valence-electron chi connectivity index (χ0n) is 8.64. The third-order valence-electron chi connectivity index (χ3n) is 2.00. The molecule has 0 aromatic carbocycles. The van der Waals surface area contributed by atoms with Crippen molar-refractivity contribution < 1.29 is 14.3 Å². The summed E-state index contributed by atoms with van der Waals surface area (Å²) in [7, 11) is 1.33. The number of hydrogen-bond donors (Lipinski definition) is 1. The molecule has 0 aliphatic carbocycles. The molecule has 1 aromatic heterocycles. The van der Waals surface area contributed by atoms with E-state index in [9.17, 15) is 9.59 Å². The van der Waals surface area contributed by atoms with E-state index in [0.717, 1.165) is 0 Å². The Labute approximate surface area is 87.0 Å². The summed E-state index contributed by atoms with van der Waals surface area (Å²) in [5.74, 6) is -0.905. The predicted octanol–water partition coefficient (Wildman–Crippen LogP) is 0.106. The van der Waals surface area contributed by atoms with Crippen LogP contribution in [0.1, 0.15) is 29.9 Å². The van der Waals surface area contributed by atoms with E-state index in [1.165, 1.54) is 17.9 Å². The SMILES string of the molecule is COC(=O)CC(C)n1ccc(C(N)=O)n1. The number of rotatable bonds is 4. The van der Waals surface area contributed by atoms with Gasteiger partial charge in [-0.15, -0.1) is 0 Å². The summed E-state index contributed by atoms with van der Waals surface area (Å²) in [6.45, 7) is 1.80. The van der Waals surface area contributed by atoms with Gasteiger partial charge in [0.15, 0.2) is 0 Å². The standard InChI is InChI=1S/C9H13N3O3/c1-6(5-8(13)15-2)12-4-3-7(11-12)9(10)14/h3-4,6H,5H2,1-2H3,(H2,10,14). The lowest BCUT2D eigenvalue weighted by Crippen LogP contribution is -2.15. The van der Waals surface area contributed by atoms with Crippen LogP contribution in [0.3, 0.4) is 0 Å². The summed E-state index contributed by atoms with van der Waals surface area (Å²) in [6, 6.07) is 1.35. The summed E-state index contributed by atoms with van der Waals surface area (Å²) in [5, 5.41) is 3.93.